The van der Waals surface area contributed by atoms with Crippen molar-refractivity contribution in [3.05, 3.63) is 71.5 Å². The van der Waals surface area contributed by atoms with Crippen LogP contribution in [0, 0.1) is 11.7 Å². The maximum atomic E-state index is 13.1. The Morgan fingerprint density at radius 2 is 1.58 bits per heavy atom. The summed E-state index contributed by atoms with van der Waals surface area (Å²) in [6, 6.07) is 12.3. The molecule has 0 heterocycles. The lowest BCUT2D eigenvalue weighted by Gasteiger charge is -2.22. The lowest BCUT2D eigenvalue weighted by atomic mass is 10.0. The maximum Gasteiger partial charge on any atom is 0.408 e. The first-order valence-electron chi connectivity index (χ1n) is 9.99. The number of ether oxygens (including phenoxy) is 1. The summed E-state index contributed by atoms with van der Waals surface area (Å²) in [4.78, 5) is 36.6. The molecule has 0 aliphatic carbocycles. The van der Waals surface area contributed by atoms with E-state index in [0.717, 1.165) is 5.56 Å². The highest BCUT2D eigenvalue weighted by molar-refractivity contribution is 5.89. The van der Waals surface area contributed by atoms with E-state index in [-0.39, 0.29) is 18.9 Å². The number of carbonyl (C=O) groups is 3. The van der Waals surface area contributed by atoms with Crippen molar-refractivity contribution in [2.45, 2.75) is 45.4 Å². The van der Waals surface area contributed by atoms with E-state index in [2.05, 4.69) is 10.6 Å². The number of amides is 2. The Balaban J connectivity index is 1.99. The summed E-state index contributed by atoms with van der Waals surface area (Å²) >= 11 is 0. The quantitative estimate of drug-likeness (QED) is 0.537. The van der Waals surface area contributed by atoms with Crippen LogP contribution in [0.5, 0.6) is 0 Å². The molecule has 31 heavy (non-hydrogen) atoms. The van der Waals surface area contributed by atoms with Gasteiger partial charge < -0.3 is 20.5 Å². The van der Waals surface area contributed by atoms with Crippen LogP contribution in [0.25, 0.3) is 0 Å². The number of halogens is 1. The smallest absolute Gasteiger partial charge is 0.408 e. The minimum atomic E-state index is -1.23. The van der Waals surface area contributed by atoms with Gasteiger partial charge in [0, 0.05) is 6.42 Å². The van der Waals surface area contributed by atoms with Crippen LogP contribution in [0.15, 0.2) is 54.6 Å². The van der Waals surface area contributed by atoms with Crippen LogP contribution in [-0.4, -0.2) is 35.2 Å². The second-order valence-corrected chi connectivity index (χ2v) is 7.62. The molecule has 0 saturated heterocycles. The Morgan fingerprint density at radius 3 is 2.16 bits per heavy atom. The van der Waals surface area contributed by atoms with Gasteiger partial charge in [-0.1, -0.05) is 56.3 Å². The molecule has 8 heteroatoms. The molecule has 2 aromatic rings. The fraction of sp³-hybridized carbons (Fsp3) is 0.348. The molecule has 166 valence electrons. The van der Waals surface area contributed by atoms with E-state index in [1.165, 1.54) is 24.3 Å². The third-order valence-electron chi connectivity index (χ3n) is 4.50. The molecule has 0 fully saturated rings. The second-order valence-electron chi connectivity index (χ2n) is 7.62. The van der Waals surface area contributed by atoms with Gasteiger partial charge in [-0.25, -0.2) is 14.0 Å². The summed E-state index contributed by atoms with van der Waals surface area (Å²) in [6.07, 6.45) is -0.487. The summed E-state index contributed by atoms with van der Waals surface area (Å²) in [7, 11) is 0. The number of hydrogen-bond acceptors (Lipinski definition) is 4. The van der Waals surface area contributed by atoms with Crippen LogP contribution in [0.2, 0.25) is 0 Å². The largest absolute Gasteiger partial charge is 0.480 e. The first kappa shape index (κ1) is 23.9. The average Bonchev–Trinajstić information content (AvgIpc) is 2.73. The summed E-state index contributed by atoms with van der Waals surface area (Å²) in [6.45, 7) is 3.81. The van der Waals surface area contributed by atoms with Crippen molar-refractivity contribution in [2.24, 2.45) is 5.92 Å². The van der Waals surface area contributed by atoms with Crippen molar-refractivity contribution < 1.29 is 28.6 Å². The van der Waals surface area contributed by atoms with Gasteiger partial charge in [0.05, 0.1) is 0 Å². The van der Waals surface area contributed by atoms with Gasteiger partial charge in [-0.15, -0.1) is 0 Å². The van der Waals surface area contributed by atoms with Crippen LogP contribution in [0.3, 0.4) is 0 Å². The standard InChI is InChI=1S/C23H27FN2O5/c1-15(2)12-19(26-23(30)31-14-17-6-4-3-5-7-17)21(27)25-20(22(28)29)13-16-8-10-18(24)11-9-16/h3-11,15,19-20H,12-14H2,1-2H3,(H,25,27)(H,26,30)(H,28,29)/t19-,20-/m0/s1. The van der Waals surface area contributed by atoms with Crippen molar-refractivity contribution in [2.75, 3.05) is 0 Å². The molecule has 2 aromatic carbocycles. The van der Waals surface area contributed by atoms with E-state index in [1.54, 1.807) is 12.1 Å². The van der Waals surface area contributed by atoms with Crippen LogP contribution in [-0.2, 0) is 27.4 Å². The van der Waals surface area contributed by atoms with E-state index < -0.39 is 35.9 Å². The Bertz CT molecular complexity index is 871. The highest BCUT2D eigenvalue weighted by atomic mass is 19.1. The molecule has 0 aliphatic heterocycles. The van der Waals surface area contributed by atoms with E-state index in [9.17, 15) is 23.9 Å². The summed E-state index contributed by atoms with van der Waals surface area (Å²) < 4.78 is 18.2. The number of hydrogen-bond donors (Lipinski definition) is 3. The average molecular weight is 430 g/mol. The van der Waals surface area contributed by atoms with Gasteiger partial charge in [-0.2, -0.15) is 0 Å². The van der Waals surface area contributed by atoms with E-state index in [0.29, 0.717) is 12.0 Å². The Kier molecular flexibility index (Phi) is 8.99. The van der Waals surface area contributed by atoms with Gasteiger partial charge in [-0.05, 0) is 35.6 Å². The highest BCUT2D eigenvalue weighted by Gasteiger charge is 2.27. The molecule has 2 atom stereocenters. The van der Waals surface area contributed by atoms with Crippen molar-refractivity contribution >= 4 is 18.0 Å². The number of carbonyl (C=O) groups excluding carboxylic acids is 2. The Morgan fingerprint density at radius 1 is 0.935 bits per heavy atom. The third-order valence-corrected chi connectivity index (χ3v) is 4.50. The van der Waals surface area contributed by atoms with Gasteiger partial charge in [0.15, 0.2) is 0 Å². The summed E-state index contributed by atoms with van der Waals surface area (Å²) in [5, 5.41) is 14.5. The zero-order valence-electron chi connectivity index (χ0n) is 17.5. The van der Waals surface area contributed by atoms with E-state index >= 15 is 0 Å². The molecule has 3 N–H and O–H groups in total. The highest BCUT2D eigenvalue weighted by Crippen LogP contribution is 2.09. The Hall–Kier alpha value is -3.42. The van der Waals surface area contributed by atoms with Crippen LogP contribution < -0.4 is 10.6 Å². The molecule has 0 aliphatic rings. The normalized spacial score (nSPS) is 12.6. The molecule has 0 bridgehead atoms. The van der Waals surface area contributed by atoms with Crippen LogP contribution >= 0.6 is 0 Å². The molecule has 7 nitrogen and oxygen atoms in total. The predicted octanol–water partition coefficient (Wildman–Crippen LogP) is 3.28. The van der Waals surface area contributed by atoms with Gasteiger partial charge in [0.2, 0.25) is 5.91 Å². The van der Waals surface area contributed by atoms with E-state index in [4.69, 9.17) is 4.74 Å². The number of rotatable bonds is 10. The fourth-order valence-electron chi connectivity index (χ4n) is 2.94. The topological polar surface area (TPSA) is 105 Å². The zero-order valence-corrected chi connectivity index (χ0v) is 17.5. The van der Waals surface area contributed by atoms with Crippen molar-refractivity contribution in [3.63, 3.8) is 0 Å². The molecular weight excluding hydrogens is 403 g/mol. The number of carboxylic acids is 1. The van der Waals surface area contributed by atoms with Gasteiger partial charge in [-0.3, -0.25) is 4.79 Å². The molecule has 2 rings (SSSR count). The van der Waals surface area contributed by atoms with Gasteiger partial charge in [0.1, 0.15) is 24.5 Å². The van der Waals surface area contributed by atoms with Gasteiger partial charge in [0.25, 0.3) is 0 Å². The van der Waals surface area contributed by atoms with Crippen molar-refractivity contribution in [1.82, 2.24) is 10.6 Å². The SMILES string of the molecule is CC(C)C[C@H](NC(=O)OCc1ccccc1)C(=O)N[C@@H](Cc1ccc(F)cc1)C(=O)O. The number of carboxylic acid groups (broad SMARTS) is 1. The lowest BCUT2D eigenvalue weighted by molar-refractivity contribution is -0.142. The predicted molar refractivity (Wildman–Crippen MR) is 113 cm³/mol. The fourth-order valence-corrected chi connectivity index (χ4v) is 2.94. The van der Waals surface area contributed by atoms with Gasteiger partial charge >= 0.3 is 12.1 Å². The summed E-state index contributed by atoms with van der Waals surface area (Å²) in [5.74, 6) is -2.23. The second kappa shape index (κ2) is 11.7. The maximum absolute atomic E-state index is 13.1. The van der Waals surface area contributed by atoms with E-state index in [1.807, 2.05) is 32.0 Å². The molecule has 2 amide bonds. The third kappa shape index (κ3) is 8.46. The first-order chi connectivity index (χ1) is 14.7. The Labute approximate surface area is 180 Å². The minimum Gasteiger partial charge on any atom is -0.480 e. The number of alkyl carbamates (subject to hydrolysis) is 1. The van der Waals surface area contributed by atoms with Crippen LogP contribution in [0.1, 0.15) is 31.4 Å². The molecule has 0 unspecified atom stereocenters. The molecule has 0 aromatic heterocycles. The first-order valence-corrected chi connectivity index (χ1v) is 9.99. The molecule has 0 saturated carbocycles. The number of nitrogens with one attached hydrogen (secondary N) is 2. The number of aliphatic carboxylic acids is 1. The monoisotopic (exact) mass is 430 g/mol. The van der Waals surface area contributed by atoms with Crippen LogP contribution in [0.4, 0.5) is 9.18 Å². The van der Waals surface area contributed by atoms with Crippen molar-refractivity contribution in [1.29, 1.82) is 0 Å². The molecule has 0 spiro atoms. The van der Waals surface area contributed by atoms with Crippen molar-refractivity contribution in [3.8, 4) is 0 Å². The summed E-state index contributed by atoms with van der Waals surface area (Å²) in [5.41, 5.74) is 1.36. The molecular formula is C23H27FN2O5. The zero-order chi connectivity index (χ0) is 22.8. The lowest BCUT2D eigenvalue weighted by Crippen LogP contribution is -2.52. The molecule has 0 radical (unpaired) electrons. The minimum absolute atomic E-state index is 0.0196. The number of benzene rings is 2.